The summed E-state index contributed by atoms with van der Waals surface area (Å²) < 4.78 is 4.65. The van der Waals surface area contributed by atoms with Gasteiger partial charge >= 0.3 is 5.97 Å². The molecule has 0 saturated carbocycles. The molecular formula is C18H28O2. The van der Waals surface area contributed by atoms with Crippen molar-refractivity contribution in [2.45, 2.75) is 60.3 Å². The van der Waals surface area contributed by atoms with Crippen LogP contribution in [0.4, 0.5) is 0 Å². The summed E-state index contributed by atoms with van der Waals surface area (Å²) in [5.41, 5.74) is 0.891. The first-order valence-corrected chi connectivity index (χ1v) is 7.43. The molecule has 0 fully saturated rings. The highest BCUT2D eigenvalue weighted by Gasteiger charge is 2.01. The van der Waals surface area contributed by atoms with Gasteiger partial charge in [0, 0.05) is 13.0 Å². The second-order valence-corrected chi connectivity index (χ2v) is 5.73. The predicted molar refractivity (Wildman–Crippen MR) is 84.9 cm³/mol. The molecule has 0 saturated heterocycles. The van der Waals surface area contributed by atoms with E-state index in [2.05, 4.69) is 43.6 Å². The Kier molecular flexibility index (Phi) is 10.5. The number of allylic oxidation sites excluding steroid dienone is 3. The molecule has 0 aromatic heterocycles. The molecule has 0 aliphatic rings. The summed E-state index contributed by atoms with van der Waals surface area (Å²) in [5.74, 6) is 3.59. The molecule has 0 amide bonds. The van der Waals surface area contributed by atoms with Crippen LogP contribution in [0.5, 0.6) is 0 Å². The summed E-state index contributed by atoms with van der Waals surface area (Å²) in [4.78, 5) is 11.3. The fraction of sp³-hybridized carbons (Fsp3) is 0.611. The van der Waals surface area contributed by atoms with Crippen LogP contribution in [-0.4, -0.2) is 5.97 Å². The number of rotatable bonds is 8. The Hall–Kier alpha value is -1.49. The lowest BCUT2D eigenvalue weighted by atomic mass is 9.97. The molecule has 1 atom stereocenters. The summed E-state index contributed by atoms with van der Waals surface area (Å²) in [6.07, 6.45) is 12.8. The van der Waals surface area contributed by atoms with Gasteiger partial charge in [0.2, 0.25) is 0 Å². The van der Waals surface area contributed by atoms with Gasteiger partial charge in [-0.05, 0) is 30.8 Å². The maximum Gasteiger partial charge on any atom is 0.344 e. The van der Waals surface area contributed by atoms with Crippen LogP contribution >= 0.6 is 0 Å². The fourth-order valence-corrected chi connectivity index (χ4v) is 1.84. The summed E-state index contributed by atoms with van der Waals surface area (Å²) in [5, 5.41) is 0. The smallest absolute Gasteiger partial charge is 0.344 e. The number of carbonyl (C=O) groups excluding carboxylic acids is 1. The third-order valence-electron chi connectivity index (χ3n) is 3.00. The van der Waals surface area contributed by atoms with Crippen LogP contribution in [0.1, 0.15) is 60.3 Å². The minimum atomic E-state index is -0.411. The molecule has 0 bridgehead atoms. The zero-order chi connectivity index (χ0) is 15.4. The maximum atomic E-state index is 11.3. The van der Waals surface area contributed by atoms with Gasteiger partial charge in [-0.25, -0.2) is 4.79 Å². The van der Waals surface area contributed by atoms with E-state index in [9.17, 15) is 4.79 Å². The van der Waals surface area contributed by atoms with Crippen molar-refractivity contribution in [1.82, 2.24) is 0 Å². The predicted octanol–water partition coefficient (Wildman–Crippen LogP) is 4.87. The first-order chi connectivity index (χ1) is 9.45. The lowest BCUT2D eigenvalue weighted by Gasteiger charge is -2.09. The van der Waals surface area contributed by atoms with Crippen LogP contribution in [0.15, 0.2) is 23.8 Å². The largest absolute Gasteiger partial charge is 0.369 e. The van der Waals surface area contributed by atoms with Gasteiger partial charge in [-0.15, -0.1) is 0 Å². The van der Waals surface area contributed by atoms with Crippen LogP contribution in [-0.2, 0) is 9.53 Å². The molecule has 112 valence electrons. The van der Waals surface area contributed by atoms with Gasteiger partial charge in [0.1, 0.15) is 6.11 Å². The molecule has 0 aromatic carbocycles. The fourth-order valence-electron chi connectivity index (χ4n) is 1.84. The van der Waals surface area contributed by atoms with Crippen molar-refractivity contribution in [3.63, 3.8) is 0 Å². The molecule has 0 rings (SSSR count). The molecule has 0 aliphatic carbocycles. The SMILES string of the molecule is CC#COC(=O)/C=C(C)/C=C/CC(C)CCCC(C)C. The first-order valence-electron chi connectivity index (χ1n) is 7.43. The van der Waals surface area contributed by atoms with Crippen molar-refractivity contribution in [1.29, 1.82) is 0 Å². The molecule has 0 N–H and O–H groups in total. The molecule has 0 aliphatic heterocycles. The standard InChI is InChI=1S/C18H28O2/c1-6-13-20-18(19)14-17(5)12-8-11-16(4)10-7-9-15(2)3/h8,12,14-16H,7,9-11H2,1-5H3/b12-8+,17-14+. The van der Waals surface area contributed by atoms with Crippen LogP contribution in [0.3, 0.4) is 0 Å². The minimum absolute atomic E-state index is 0.411. The average Bonchev–Trinajstić information content (AvgIpc) is 2.35. The van der Waals surface area contributed by atoms with E-state index < -0.39 is 5.97 Å². The second kappa shape index (κ2) is 11.3. The van der Waals surface area contributed by atoms with E-state index in [4.69, 9.17) is 0 Å². The Bertz CT molecular complexity index is 391. The van der Waals surface area contributed by atoms with Crippen molar-refractivity contribution in [2.24, 2.45) is 11.8 Å². The van der Waals surface area contributed by atoms with E-state index in [0.29, 0.717) is 5.92 Å². The van der Waals surface area contributed by atoms with Gasteiger partial charge < -0.3 is 4.74 Å². The van der Waals surface area contributed by atoms with Crippen molar-refractivity contribution >= 4 is 5.97 Å². The van der Waals surface area contributed by atoms with Gasteiger partial charge in [-0.1, -0.05) is 58.1 Å². The molecule has 0 heterocycles. The molecule has 2 nitrogen and oxygen atoms in total. The summed E-state index contributed by atoms with van der Waals surface area (Å²) in [6, 6.07) is 0. The Labute approximate surface area is 124 Å². The lowest BCUT2D eigenvalue weighted by Crippen LogP contribution is -1.96. The van der Waals surface area contributed by atoms with Crippen molar-refractivity contribution in [3.8, 4) is 12.0 Å². The quantitative estimate of drug-likeness (QED) is 0.274. The zero-order valence-electron chi connectivity index (χ0n) is 13.5. The monoisotopic (exact) mass is 276 g/mol. The van der Waals surface area contributed by atoms with Gasteiger partial charge in [-0.3, -0.25) is 0 Å². The van der Waals surface area contributed by atoms with Crippen LogP contribution in [0.2, 0.25) is 0 Å². The Balaban J connectivity index is 3.99. The van der Waals surface area contributed by atoms with Gasteiger partial charge in [-0.2, -0.15) is 0 Å². The highest BCUT2D eigenvalue weighted by atomic mass is 16.5. The number of esters is 1. The molecule has 20 heavy (non-hydrogen) atoms. The molecule has 2 heteroatoms. The van der Waals surface area contributed by atoms with Crippen molar-refractivity contribution in [2.75, 3.05) is 0 Å². The third-order valence-corrected chi connectivity index (χ3v) is 3.00. The molecule has 0 spiro atoms. The van der Waals surface area contributed by atoms with E-state index in [0.717, 1.165) is 17.9 Å². The average molecular weight is 276 g/mol. The molecule has 0 radical (unpaired) electrons. The molecular weight excluding hydrogens is 248 g/mol. The summed E-state index contributed by atoms with van der Waals surface area (Å²) in [6.45, 7) is 10.3. The topological polar surface area (TPSA) is 26.3 Å². The first kappa shape index (κ1) is 18.5. The third kappa shape index (κ3) is 11.6. The van der Waals surface area contributed by atoms with E-state index in [1.807, 2.05) is 13.0 Å². The highest BCUT2D eigenvalue weighted by molar-refractivity contribution is 5.84. The minimum Gasteiger partial charge on any atom is -0.369 e. The molecule has 0 aromatic rings. The number of ether oxygens (including phenoxy) is 1. The highest BCUT2D eigenvalue weighted by Crippen LogP contribution is 2.15. The van der Waals surface area contributed by atoms with Gasteiger partial charge in [0.25, 0.3) is 0 Å². The van der Waals surface area contributed by atoms with Crippen LogP contribution in [0, 0.1) is 23.9 Å². The van der Waals surface area contributed by atoms with E-state index >= 15 is 0 Å². The number of hydrogen-bond donors (Lipinski definition) is 0. The van der Waals surface area contributed by atoms with E-state index in [-0.39, 0.29) is 0 Å². The summed E-state index contributed by atoms with van der Waals surface area (Å²) >= 11 is 0. The van der Waals surface area contributed by atoms with Crippen molar-refractivity contribution in [3.05, 3.63) is 23.8 Å². The maximum absolute atomic E-state index is 11.3. The zero-order valence-corrected chi connectivity index (χ0v) is 13.5. The van der Waals surface area contributed by atoms with Crippen molar-refractivity contribution < 1.29 is 9.53 Å². The lowest BCUT2D eigenvalue weighted by molar-refractivity contribution is -0.131. The van der Waals surface area contributed by atoms with Gasteiger partial charge in [0.15, 0.2) is 0 Å². The Morgan fingerprint density at radius 1 is 1.25 bits per heavy atom. The number of hydrogen-bond acceptors (Lipinski definition) is 2. The van der Waals surface area contributed by atoms with Gasteiger partial charge in [0.05, 0.1) is 0 Å². The number of carbonyl (C=O) groups is 1. The summed E-state index contributed by atoms with van der Waals surface area (Å²) in [7, 11) is 0. The Morgan fingerprint density at radius 3 is 2.55 bits per heavy atom. The normalized spacial score (nSPS) is 13.2. The van der Waals surface area contributed by atoms with E-state index in [1.165, 1.54) is 25.3 Å². The van der Waals surface area contributed by atoms with Crippen LogP contribution < -0.4 is 0 Å². The molecule has 1 unspecified atom stereocenters. The Morgan fingerprint density at radius 2 is 1.95 bits per heavy atom. The van der Waals surface area contributed by atoms with Crippen LogP contribution in [0.25, 0.3) is 0 Å². The second-order valence-electron chi connectivity index (χ2n) is 5.73. The van der Waals surface area contributed by atoms with E-state index in [1.54, 1.807) is 6.92 Å².